The fourth-order valence-electron chi connectivity index (χ4n) is 1.78. The lowest BCUT2D eigenvalue weighted by molar-refractivity contribution is -0.384. The van der Waals surface area contributed by atoms with Crippen LogP contribution in [0.4, 0.5) is 11.5 Å². The van der Waals surface area contributed by atoms with Gasteiger partial charge in [-0.25, -0.2) is 17.7 Å². The Kier molecular flexibility index (Phi) is 4.34. The van der Waals surface area contributed by atoms with E-state index in [9.17, 15) is 18.5 Å². The zero-order valence-electron chi connectivity index (χ0n) is 11.7. The Bertz CT molecular complexity index is 822. The van der Waals surface area contributed by atoms with Crippen LogP contribution in [0.5, 0.6) is 0 Å². The van der Waals surface area contributed by atoms with E-state index in [1.54, 1.807) is 12.1 Å². The molecule has 9 heteroatoms. The quantitative estimate of drug-likeness (QED) is 0.629. The first kappa shape index (κ1) is 16.2. The van der Waals surface area contributed by atoms with Gasteiger partial charge in [-0.1, -0.05) is 29.3 Å². The van der Waals surface area contributed by atoms with Crippen molar-refractivity contribution in [2.45, 2.75) is 11.8 Å². The predicted molar refractivity (Wildman–Crippen MR) is 82.7 cm³/mol. The molecule has 1 aromatic heterocycles. The van der Waals surface area contributed by atoms with E-state index in [-0.39, 0.29) is 15.7 Å². The second-order valence-electron chi connectivity index (χ2n) is 4.54. The molecule has 0 saturated heterocycles. The van der Waals surface area contributed by atoms with Crippen LogP contribution < -0.4 is 4.31 Å². The number of nitrogens with zero attached hydrogens (tertiary/aromatic N) is 3. The standard InChI is InChI=1S/C13H12ClN3O4S/c1-9-3-5-11(6-4-9)22(20,21)16(2)13-12(17(18)19)7-10(14)8-15-13/h3-8H,1-2H3. The van der Waals surface area contributed by atoms with Gasteiger partial charge in [-0.2, -0.15) is 0 Å². The Morgan fingerprint density at radius 2 is 1.86 bits per heavy atom. The summed E-state index contributed by atoms with van der Waals surface area (Å²) in [5, 5.41) is 11.1. The van der Waals surface area contributed by atoms with Crippen LogP contribution in [-0.4, -0.2) is 25.4 Å². The van der Waals surface area contributed by atoms with E-state index in [0.717, 1.165) is 22.1 Å². The Morgan fingerprint density at radius 3 is 2.41 bits per heavy atom. The van der Waals surface area contributed by atoms with E-state index in [0.29, 0.717) is 0 Å². The zero-order valence-corrected chi connectivity index (χ0v) is 13.3. The summed E-state index contributed by atoms with van der Waals surface area (Å²) >= 11 is 5.68. The molecule has 0 spiro atoms. The number of aromatic nitrogens is 1. The van der Waals surface area contributed by atoms with Crippen molar-refractivity contribution in [3.8, 4) is 0 Å². The average Bonchev–Trinajstić information content (AvgIpc) is 2.46. The maximum Gasteiger partial charge on any atom is 0.314 e. The first-order valence-corrected chi connectivity index (χ1v) is 7.91. The molecule has 2 rings (SSSR count). The summed E-state index contributed by atoms with van der Waals surface area (Å²) in [6.07, 6.45) is 1.16. The minimum Gasteiger partial charge on any atom is -0.258 e. The van der Waals surface area contributed by atoms with Crippen LogP contribution in [0.15, 0.2) is 41.4 Å². The van der Waals surface area contributed by atoms with Crippen LogP contribution in [0.1, 0.15) is 5.56 Å². The first-order valence-electron chi connectivity index (χ1n) is 6.09. The Labute approximate surface area is 132 Å². The summed E-state index contributed by atoms with van der Waals surface area (Å²) in [5.74, 6) is -0.296. The second kappa shape index (κ2) is 5.90. The zero-order chi connectivity index (χ0) is 16.5. The molecular weight excluding hydrogens is 330 g/mol. The number of hydrogen-bond acceptors (Lipinski definition) is 5. The molecular formula is C13H12ClN3O4S. The van der Waals surface area contributed by atoms with Gasteiger partial charge < -0.3 is 0 Å². The van der Waals surface area contributed by atoms with Gasteiger partial charge in [-0.3, -0.25) is 10.1 Å². The van der Waals surface area contributed by atoms with Gasteiger partial charge in [-0.15, -0.1) is 0 Å². The lowest BCUT2D eigenvalue weighted by atomic mass is 10.2. The van der Waals surface area contributed by atoms with Crippen molar-refractivity contribution in [1.29, 1.82) is 0 Å². The third-order valence-electron chi connectivity index (χ3n) is 2.99. The summed E-state index contributed by atoms with van der Waals surface area (Å²) in [6, 6.07) is 7.21. The minimum atomic E-state index is -3.95. The van der Waals surface area contributed by atoms with Crippen LogP contribution >= 0.6 is 11.6 Å². The molecule has 22 heavy (non-hydrogen) atoms. The highest BCUT2D eigenvalue weighted by Gasteiger charge is 2.28. The van der Waals surface area contributed by atoms with Gasteiger partial charge in [0.05, 0.1) is 14.8 Å². The van der Waals surface area contributed by atoms with Gasteiger partial charge in [-0.05, 0) is 19.1 Å². The molecule has 1 aromatic carbocycles. The normalized spacial score (nSPS) is 11.2. The maximum atomic E-state index is 12.5. The van der Waals surface area contributed by atoms with E-state index in [2.05, 4.69) is 4.98 Å². The lowest BCUT2D eigenvalue weighted by Crippen LogP contribution is -2.28. The molecule has 0 atom stereocenters. The van der Waals surface area contributed by atoms with E-state index in [4.69, 9.17) is 11.6 Å². The summed E-state index contributed by atoms with van der Waals surface area (Å²) in [5.41, 5.74) is 0.419. The molecule has 0 aliphatic carbocycles. The van der Waals surface area contributed by atoms with Crippen molar-refractivity contribution in [3.63, 3.8) is 0 Å². The number of hydrogen-bond donors (Lipinski definition) is 0. The third-order valence-corrected chi connectivity index (χ3v) is 4.96. The highest BCUT2D eigenvalue weighted by atomic mass is 35.5. The second-order valence-corrected chi connectivity index (χ2v) is 6.94. The van der Waals surface area contributed by atoms with E-state index in [1.165, 1.54) is 19.2 Å². The molecule has 2 aromatic rings. The fourth-order valence-corrected chi connectivity index (χ4v) is 3.10. The van der Waals surface area contributed by atoms with Gasteiger partial charge in [0.1, 0.15) is 0 Å². The highest BCUT2D eigenvalue weighted by Crippen LogP contribution is 2.31. The topological polar surface area (TPSA) is 93.4 Å². The number of aryl methyl sites for hydroxylation is 1. The number of halogens is 1. The molecule has 116 valence electrons. The molecule has 0 amide bonds. The van der Waals surface area contributed by atoms with Crippen LogP contribution in [0.3, 0.4) is 0 Å². The molecule has 0 unspecified atom stereocenters. The van der Waals surface area contributed by atoms with Crippen LogP contribution in [0.2, 0.25) is 5.02 Å². The molecule has 0 bridgehead atoms. The average molecular weight is 342 g/mol. The summed E-state index contributed by atoms with van der Waals surface area (Å²) in [4.78, 5) is 14.1. The molecule has 0 saturated carbocycles. The van der Waals surface area contributed by atoms with Crippen molar-refractivity contribution in [3.05, 3.63) is 57.2 Å². The van der Waals surface area contributed by atoms with Crippen molar-refractivity contribution in [2.24, 2.45) is 0 Å². The van der Waals surface area contributed by atoms with Crippen LogP contribution in [-0.2, 0) is 10.0 Å². The van der Waals surface area contributed by atoms with Crippen molar-refractivity contribution < 1.29 is 13.3 Å². The minimum absolute atomic E-state index is 0.0200. The molecule has 1 heterocycles. The summed E-state index contributed by atoms with van der Waals surface area (Å²) in [7, 11) is -2.75. The van der Waals surface area contributed by atoms with Crippen LogP contribution in [0.25, 0.3) is 0 Å². The van der Waals surface area contributed by atoms with E-state index in [1.807, 2.05) is 6.92 Å². The maximum absolute atomic E-state index is 12.5. The number of nitro groups is 1. The number of anilines is 1. The van der Waals surface area contributed by atoms with Gasteiger partial charge in [0.2, 0.25) is 5.82 Å². The Balaban J connectivity index is 2.53. The Morgan fingerprint density at radius 1 is 1.27 bits per heavy atom. The van der Waals surface area contributed by atoms with E-state index < -0.39 is 20.6 Å². The molecule has 0 aliphatic rings. The van der Waals surface area contributed by atoms with Gasteiger partial charge in [0.15, 0.2) is 0 Å². The van der Waals surface area contributed by atoms with Crippen molar-refractivity contribution >= 4 is 33.1 Å². The largest absolute Gasteiger partial charge is 0.314 e. The SMILES string of the molecule is Cc1ccc(S(=O)(=O)N(C)c2ncc(Cl)cc2[N+](=O)[O-])cc1. The summed E-state index contributed by atoms with van der Waals surface area (Å²) in [6.45, 7) is 1.83. The van der Waals surface area contributed by atoms with Crippen molar-refractivity contribution in [1.82, 2.24) is 4.98 Å². The molecule has 0 N–H and O–H groups in total. The van der Waals surface area contributed by atoms with Gasteiger partial charge in [0, 0.05) is 19.3 Å². The number of sulfonamides is 1. The first-order chi connectivity index (χ1) is 10.2. The smallest absolute Gasteiger partial charge is 0.258 e. The van der Waals surface area contributed by atoms with Gasteiger partial charge >= 0.3 is 5.69 Å². The van der Waals surface area contributed by atoms with Crippen molar-refractivity contribution in [2.75, 3.05) is 11.4 Å². The fraction of sp³-hybridized carbons (Fsp3) is 0.154. The Hall–Kier alpha value is -2.19. The summed E-state index contributed by atoms with van der Waals surface area (Å²) < 4.78 is 25.8. The molecule has 0 radical (unpaired) electrons. The molecule has 0 fully saturated rings. The number of rotatable bonds is 4. The predicted octanol–water partition coefficient (Wildman–Crippen LogP) is 2.78. The molecule has 0 aliphatic heterocycles. The number of benzene rings is 1. The lowest BCUT2D eigenvalue weighted by Gasteiger charge is -2.18. The molecule has 7 nitrogen and oxygen atoms in total. The monoisotopic (exact) mass is 341 g/mol. The van der Waals surface area contributed by atoms with Gasteiger partial charge in [0.25, 0.3) is 10.0 Å². The van der Waals surface area contributed by atoms with Crippen LogP contribution in [0, 0.1) is 17.0 Å². The van der Waals surface area contributed by atoms with E-state index >= 15 is 0 Å². The third kappa shape index (κ3) is 3.02. The number of pyridine rings is 1. The highest BCUT2D eigenvalue weighted by molar-refractivity contribution is 7.92.